The lowest BCUT2D eigenvalue weighted by molar-refractivity contribution is 0.0346. The third kappa shape index (κ3) is 2.31. The summed E-state index contributed by atoms with van der Waals surface area (Å²) in [6, 6.07) is 0. The molecule has 3 fully saturated rings. The largest absolute Gasteiger partial charge is 0.297 e. The molecule has 21 heavy (non-hydrogen) atoms. The second-order valence-corrected chi connectivity index (χ2v) is 9.65. The average molecular weight is 290 g/mol. The molecule has 0 aromatic heterocycles. The highest BCUT2D eigenvalue weighted by atomic mass is 15.2. The van der Waals surface area contributed by atoms with E-state index in [4.69, 9.17) is 0 Å². The molecule has 1 nitrogen and oxygen atoms in total. The number of allylic oxidation sites excluding steroid dienone is 1. The topological polar surface area (TPSA) is 3.24 Å². The molecule has 2 saturated carbocycles. The van der Waals surface area contributed by atoms with E-state index < -0.39 is 0 Å². The van der Waals surface area contributed by atoms with Crippen molar-refractivity contribution in [3.8, 4) is 0 Å². The summed E-state index contributed by atoms with van der Waals surface area (Å²) >= 11 is 0. The van der Waals surface area contributed by atoms with Crippen molar-refractivity contribution in [2.24, 2.45) is 40.9 Å². The maximum Gasteiger partial charge on any atom is 0.0201 e. The Morgan fingerprint density at radius 1 is 1.00 bits per heavy atom. The molecule has 0 aromatic carbocycles. The quantitative estimate of drug-likeness (QED) is 0.672. The number of hydrogen-bond donors (Lipinski definition) is 0. The fourth-order valence-electron chi connectivity index (χ4n) is 5.30. The van der Waals surface area contributed by atoms with Crippen molar-refractivity contribution < 1.29 is 0 Å². The van der Waals surface area contributed by atoms with Gasteiger partial charge in [-0.3, -0.25) is 4.90 Å². The maximum atomic E-state index is 4.03. The molecule has 0 amide bonds. The Bertz CT molecular complexity index is 416. The Kier molecular flexibility index (Phi) is 3.60. The number of nitrogens with zero attached hydrogens (tertiary/aromatic N) is 1. The van der Waals surface area contributed by atoms with Crippen LogP contribution in [-0.4, -0.2) is 23.5 Å². The van der Waals surface area contributed by atoms with Gasteiger partial charge in [-0.1, -0.05) is 33.8 Å². The first-order chi connectivity index (χ1) is 9.68. The third-order valence-corrected chi connectivity index (χ3v) is 7.82. The van der Waals surface area contributed by atoms with Gasteiger partial charge in [0.2, 0.25) is 0 Å². The van der Waals surface area contributed by atoms with E-state index in [1.54, 1.807) is 0 Å². The van der Waals surface area contributed by atoms with Gasteiger partial charge in [0, 0.05) is 18.6 Å². The normalized spacial score (nSPS) is 43.3. The van der Waals surface area contributed by atoms with Crippen LogP contribution >= 0.6 is 0 Å². The van der Waals surface area contributed by atoms with Crippen LogP contribution in [0.15, 0.2) is 12.7 Å². The third-order valence-electron chi connectivity index (χ3n) is 7.82. The minimum atomic E-state index is 0.285. The van der Waals surface area contributed by atoms with Gasteiger partial charge in [0.25, 0.3) is 0 Å². The summed E-state index contributed by atoms with van der Waals surface area (Å²) < 4.78 is 0. The number of likely N-dealkylation sites (tertiary alicyclic amines) is 1. The molecule has 1 aliphatic heterocycles. The fourth-order valence-corrected chi connectivity index (χ4v) is 5.30. The van der Waals surface area contributed by atoms with E-state index in [2.05, 4.69) is 59.1 Å². The summed E-state index contributed by atoms with van der Waals surface area (Å²) in [6.45, 7) is 21.3. The molecular formula is C20H35N. The Morgan fingerprint density at radius 3 is 2.19 bits per heavy atom. The van der Waals surface area contributed by atoms with Crippen LogP contribution in [-0.2, 0) is 0 Å². The number of hydrogen-bond acceptors (Lipinski definition) is 1. The van der Waals surface area contributed by atoms with E-state index in [9.17, 15) is 0 Å². The second kappa shape index (κ2) is 4.85. The molecule has 120 valence electrons. The lowest BCUT2D eigenvalue weighted by atomic mass is 9.68. The lowest BCUT2D eigenvalue weighted by Crippen LogP contribution is -2.52. The molecular weight excluding hydrogens is 254 g/mol. The standard InChI is InChI=1S/C20H35N/c1-8-9-14-16-10-15(16)13(2)17-11-21(12-18(14)17)20(6,7)19(3,4)5/h8,13-18H,1,9-12H2,2-7H3. The van der Waals surface area contributed by atoms with Gasteiger partial charge >= 0.3 is 0 Å². The average Bonchev–Trinajstić information content (AvgIpc) is 3.03. The first kappa shape index (κ1) is 15.6. The minimum Gasteiger partial charge on any atom is -0.297 e. The zero-order chi connectivity index (χ0) is 15.6. The fraction of sp³-hybridized carbons (Fsp3) is 0.900. The highest BCUT2D eigenvalue weighted by Crippen LogP contribution is 2.62. The summed E-state index contributed by atoms with van der Waals surface area (Å²) in [5.41, 5.74) is 0.619. The molecule has 0 bridgehead atoms. The van der Waals surface area contributed by atoms with E-state index in [0.29, 0.717) is 5.41 Å². The SMILES string of the molecule is C=CCC1C2CC2C(C)C2CN(C(C)(C)C(C)(C)C)CC21. The number of fused-ring (bicyclic) bond motifs is 2. The van der Waals surface area contributed by atoms with Crippen LogP contribution in [0.1, 0.15) is 54.4 Å². The number of rotatable bonds is 3. The van der Waals surface area contributed by atoms with Gasteiger partial charge in [-0.25, -0.2) is 0 Å². The van der Waals surface area contributed by atoms with Gasteiger partial charge in [-0.05, 0) is 67.6 Å². The van der Waals surface area contributed by atoms with E-state index in [0.717, 1.165) is 35.5 Å². The van der Waals surface area contributed by atoms with Crippen molar-refractivity contribution in [2.75, 3.05) is 13.1 Å². The smallest absolute Gasteiger partial charge is 0.0201 e. The van der Waals surface area contributed by atoms with E-state index in [1.165, 1.54) is 25.9 Å². The second-order valence-electron chi connectivity index (χ2n) is 9.65. The van der Waals surface area contributed by atoms with E-state index >= 15 is 0 Å². The van der Waals surface area contributed by atoms with Crippen molar-refractivity contribution in [2.45, 2.75) is 59.9 Å². The summed E-state index contributed by atoms with van der Waals surface area (Å²) in [6.07, 6.45) is 4.94. The summed E-state index contributed by atoms with van der Waals surface area (Å²) in [5.74, 6) is 5.78. The highest BCUT2D eigenvalue weighted by molar-refractivity contribution is 5.10. The van der Waals surface area contributed by atoms with Crippen LogP contribution in [0.3, 0.4) is 0 Å². The van der Waals surface area contributed by atoms with Crippen molar-refractivity contribution in [1.82, 2.24) is 4.90 Å². The molecule has 2 aliphatic carbocycles. The molecule has 0 aromatic rings. The maximum absolute atomic E-state index is 4.03. The van der Waals surface area contributed by atoms with Crippen LogP contribution in [0.5, 0.6) is 0 Å². The van der Waals surface area contributed by atoms with Crippen molar-refractivity contribution in [3.05, 3.63) is 12.7 Å². The Morgan fingerprint density at radius 2 is 1.62 bits per heavy atom. The van der Waals surface area contributed by atoms with Gasteiger partial charge in [0.05, 0.1) is 0 Å². The molecule has 1 heterocycles. The molecule has 6 atom stereocenters. The van der Waals surface area contributed by atoms with Crippen molar-refractivity contribution >= 4 is 0 Å². The summed E-state index contributed by atoms with van der Waals surface area (Å²) in [4.78, 5) is 2.82. The van der Waals surface area contributed by atoms with Crippen LogP contribution in [0.4, 0.5) is 0 Å². The molecule has 3 aliphatic rings. The lowest BCUT2D eigenvalue weighted by Gasteiger charge is -2.46. The zero-order valence-corrected chi connectivity index (χ0v) is 15.0. The first-order valence-corrected chi connectivity index (χ1v) is 9.04. The van der Waals surface area contributed by atoms with Crippen LogP contribution in [0.2, 0.25) is 0 Å². The van der Waals surface area contributed by atoms with Crippen molar-refractivity contribution in [3.63, 3.8) is 0 Å². The molecule has 3 rings (SSSR count). The monoisotopic (exact) mass is 289 g/mol. The predicted molar refractivity (Wildman–Crippen MR) is 91.2 cm³/mol. The Hall–Kier alpha value is -0.300. The Labute approximate surface area is 132 Å². The summed E-state index contributed by atoms with van der Waals surface area (Å²) in [5, 5.41) is 0. The molecule has 1 heteroatoms. The van der Waals surface area contributed by atoms with Gasteiger partial charge < -0.3 is 0 Å². The molecule has 6 unspecified atom stereocenters. The highest BCUT2D eigenvalue weighted by Gasteiger charge is 2.59. The van der Waals surface area contributed by atoms with E-state index in [1.807, 2.05) is 0 Å². The van der Waals surface area contributed by atoms with Crippen LogP contribution < -0.4 is 0 Å². The predicted octanol–water partition coefficient (Wildman–Crippen LogP) is 4.84. The van der Waals surface area contributed by atoms with Crippen LogP contribution in [0, 0.1) is 40.9 Å². The molecule has 1 saturated heterocycles. The van der Waals surface area contributed by atoms with Gasteiger partial charge in [-0.15, -0.1) is 6.58 Å². The van der Waals surface area contributed by atoms with Crippen LogP contribution in [0.25, 0.3) is 0 Å². The Balaban J connectivity index is 1.82. The first-order valence-electron chi connectivity index (χ1n) is 9.04. The van der Waals surface area contributed by atoms with Gasteiger partial charge in [-0.2, -0.15) is 0 Å². The zero-order valence-electron chi connectivity index (χ0n) is 15.0. The molecule has 0 spiro atoms. The van der Waals surface area contributed by atoms with Crippen molar-refractivity contribution in [1.29, 1.82) is 0 Å². The summed E-state index contributed by atoms with van der Waals surface area (Å²) in [7, 11) is 0. The molecule has 0 radical (unpaired) electrons. The van der Waals surface area contributed by atoms with Gasteiger partial charge in [0.1, 0.15) is 0 Å². The molecule has 0 N–H and O–H groups in total. The minimum absolute atomic E-state index is 0.285. The van der Waals surface area contributed by atoms with E-state index in [-0.39, 0.29) is 5.54 Å². The van der Waals surface area contributed by atoms with Gasteiger partial charge in [0.15, 0.2) is 0 Å².